The van der Waals surface area contributed by atoms with Crippen molar-refractivity contribution in [3.05, 3.63) is 23.7 Å². The van der Waals surface area contributed by atoms with Gasteiger partial charge in [-0.1, -0.05) is 5.21 Å². The van der Waals surface area contributed by atoms with Gasteiger partial charge in [-0.05, 0) is 31.9 Å². The highest BCUT2D eigenvalue weighted by molar-refractivity contribution is 7.89. The summed E-state index contributed by atoms with van der Waals surface area (Å²) in [6.45, 7) is 2.15. The molecule has 1 aliphatic rings. The third kappa shape index (κ3) is 3.46. The molecule has 0 aromatic carbocycles. The highest BCUT2D eigenvalue weighted by atomic mass is 32.2. The van der Waals surface area contributed by atoms with Crippen molar-refractivity contribution in [1.82, 2.24) is 30.7 Å². The third-order valence-corrected chi connectivity index (χ3v) is 4.54. The van der Waals surface area contributed by atoms with Crippen LogP contribution in [0.4, 0.5) is 0 Å². The predicted molar refractivity (Wildman–Crippen MR) is 71.5 cm³/mol. The van der Waals surface area contributed by atoms with Crippen LogP contribution in [-0.4, -0.2) is 35.1 Å². The Morgan fingerprint density at radius 3 is 2.95 bits per heavy atom. The van der Waals surface area contributed by atoms with Crippen LogP contribution >= 0.6 is 0 Å². The summed E-state index contributed by atoms with van der Waals surface area (Å²) in [5, 5.41) is 16.3. The van der Waals surface area contributed by atoms with E-state index in [9.17, 15) is 8.42 Å². The number of hydrogen-bond acceptors (Lipinski definition) is 7. The van der Waals surface area contributed by atoms with Crippen molar-refractivity contribution in [2.24, 2.45) is 0 Å². The molecule has 0 bridgehead atoms. The first-order valence-corrected chi connectivity index (χ1v) is 8.11. The maximum absolute atomic E-state index is 12.2. The van der Waals surface area contributed by atoms with E-state index in [1.165, 1.54) is 6.07 Å². The van der Waals surface area contributed by atoms with E-state index in [1.807, 2.05) is 0 Å². The molecule has 1 fully saturated rings. The summed E-state index contributed by atoms with van der Waals surface area (Å²) >= 11 is 0. The minimum absolute atomic E-state index is 0.120. The van der Waals surface area contributed by atoms with E-state index in [2.05, 4.69) is 30.7 Å². The molecule has 2 heterocycles. The van der Waals surface area contributed by atoms with E-state index in [0.29, 0.717) is 18.3 Å². The summed E-state index contributed by atoms with van der Waals surface area (Å²) in [4.78, 5) is 0. The molecule has 2 aromatic heterocycles. The monoisotopic (exact) mass is 312 g/mol. The van der Waals surface area contributed by atoms with Gasteiger partial charge in [0.2, 0.25) is 5.09 Å². The van der Waals surface area contributed by atoms with E-state index in [4.69, 9.17) is 4.42 Å². The maximum Gasteiger partial charge on any atom is 0.274 e. The molecule has 3 rings (SSSR count). The van der Waals surface area contributed by atoms with Crippen LogP contribution in [0, 0.1) is 0 Å². The number of nitrogens with one attached hydrogen (secondary N) is 3. The molecular formula is C11H16N6O3S. The van der Waals surface area contributed by atoms with Crippen LogP contribution in [-0.2, 0) is 16.6 Å². The van der Waals surface area contributed by atoms with Gasteiger partial charge >= 0.3 is 0 Å². The lowest BCUT2D eigenvalue weighted by Gasteiger charge is -2.08. The largest absolute Gasteiger partial charge is 0.447 e. The fraction of sp³-hybridized carbons (Fsp3) is 0.545. The molecule has 9 nitrogen and oxygen atoms in total. The Morgan fingerprint density at radius 2 is 2.29 bits per heavy atom. The number of rotatable bonds is 7. The average molecular weight is 312 g/mol. The van der Waals surface area contributed by atoms with E-state index >= 15 is 0 Å². The number of H-pyrrole nitrogens is 1. The zero-order valence-electron chi connectivity index (χ0n) is 11.4. The first-order chi connectivity index (χ1) is 10.0. The minimum atomic E-state index is -3.75. The smallest absolute Gasteiger partial charge is 0.274 e. The van der Waals surface area contributed by atoms with Crippen molar-refractivity contribution in [2.45, 2.75) is 43.5 Å². The number of tetrazole rings is 1. The summed E-state index contributed by atoms with van der Waals surface area (Å²) in [6, 6.07) is 3.02. The first kappa shape index (κ1) is 14.2. The Morgan fingerprint density at radius 1 is 1.48 bits per heavy atom. The van der Waals surface area contributed by atoms with Crippen LogP contribution in [0.15, 0.2) is 21.6 Å². The quantitative estimate of drug-likeness (QED) is 0.661. The number of sulfonamides is 1. The summed E-state index contributed by atoms with van der Waals surface area (Å²) in [6.07, 6.45) is 2.32. The topological polar surface area (TPSA) is 126 Å². The molecule has 114 valence electrons. The Balaban J connectivity index is 1.66. The lowest BCUT2D eigenvalue weighted by molar-refractivity contribution is 0.397. The van der Waals surface area contributed by atoms with Gasteiger partial charge in [-0.2, -0.15) is 9.94 Å². The van der Waals surface area contributed by atoms with Crippen molar-refractivity contribution >= 4 is 10.0 Å². The molecule has 1 saturated carbocycles. The molecule has 21 heavy (non-hydrogen) atoms. The third-order valence-electron chi connectivity index (χ3n) is 3.13. The molecule has 1 atom stereocenters. The van der Waals surface area contributed by atoms with Crippen molar-refractivity contribution in [2.75, 3.05) is 0 Å². The van der Waals surface area contributed by atoms with Crippen molar-refractivity contribution in [1.29, 1.82) is 0 Å². The average Bonchev–Trinajstić information content (AvgIpc) is 2.96. The van der Waals surface area contributed by atoms with Crippen molar-refractivity contribution in [3.8, 4) is 0 Å². The van der Waals surface area contributed by atoms with E-state index in [-0.39, 0.29) is 10.9 Å². The van der Waals surface area contributed by atoms with Crippen LogP contribution in [0.5, 0.6) is 0 Å². The van der Waals surface area contributed by atoms with Crippen LogP contribution in [0.1, 0.15) is 37.4 Å². The van der Waals surface area contributed by atoms with Crippen LogP contribution in [0.25, 0.3) is 0 Å². The molecular weight excluding hydrogens is 296 g/mol. The van der Waals surface area contributed by atoms with Gasteiger partial charge in [0.25, 0.3) is 10.0 Å². The zero-order chi connectivity index (χ0) is 14.9. The van der Waals surface area contributed by atoms with Crippen molar-refractivity contribution < 1.29 is 12.8 Å². The molecule has 0 aliphatic heterocycles. The lowest BCUT2D eigenvalue weighted by Crippen LogP contribution is -2.27. The van der Waals surface area contributed by atoms with Gasteiger partial charge in [0.15, 0.2) is 5.82 Å². The van der Waals surface area contributed by atoms with Crippen LogP contribution in [0.3, 0.4) is 0 Å². The van der Waals surface area contributed by atoms with Gasteiger partial charge in [0.05, 0.1) is 12.6 Å². The summed E-state index contributed by atoms with van der Waals surface area (Å²) in [5.74, 6) is 0.857. The lowest BCUT2D eigenvalue weighted by atomic mass is 10.4. The standard InChI is InChI=1S/C11H16N6O3S/c1-7(11-13-16-17-14-11)15-21(18,19)10-5-4-9(20-10)6-12-8-2-3-8/h4-5,7-8,12,15H,2-3,6H2,1H3,(H,13,14,16,17). The highest BCUT2D eigenvalue weighted by Crippen LogP contribution is 2.21. The van der Waals surface area contributed by atoms with Crippen LogP contribution in [0.2, 0.25) is 0 Å². The molecule has 0 amide bonds. The summed E-state index contributed by atoms with van der Waals surface area (Å²) in [5.41, 5.74) is 0. The van der Waals surface area contributed by atoms with Crippen LogP contribution < -0.4 is 10.0 Å². The Hall–Kier alpha value is -1.78. The molecule has 10 heteroatoms. The molecule has 2 aromatic rings. The Labute approximate surface area is 121 Å². The van der Waals surface area contributed by atoms with Gasteiger partial charge in [0, 0.05) is 6.04 Å². The maximum atomic E-state index is 12.2. The number of furan rings is 1. The van der Waals surface area contributed by atoms with Gasteiger partial charge in [-0.25, -0.2) is 8.42 Å². The second kappa shape index (κ2) is 5.54. The molecule has 1 unspecified atom stereocenters. The van der Waals surface area contributed by atoms with Gasteiger partial charge in [-0.3, -0.25) is 0 Å². The minimum Gasteiger partial charge on any atom is -0.447 e. The number of aromatic amines is 1. The molecule has 0 saturated heterocycles. The Kier molecular flexibility index (Phi) is 3.74. The number of aromatic nitrogens is 4. The number of hydrogen-bond donors (Lipinski definition) is 3. The first-order valence-electron chi connectivity index (χ1n) is 6.62. The van der Waals surface area contributed by atoms with E-state index in [1.54, 1.807) is 13.0 Å². The van der Waals surface area contributed by atoms with Crippen molar-refractivity contribution in [3.63, 3.8) is 0 Å². The molecule has 0 spiro atoms. The number of nitrogens with zero attached hydrogens (tertiary/aromatic N) is 3. The fourth-order valence-corrected chi connectivity index (χ4v) is 2.98. The van der Waals surface area contributed by atoms with Gasteiger partial charge in [0.1, 0.15) is 5.76 Å². The SMILES string of the molecule is CC(NS(=O)(=O)c1ccc(CNC2CC2)o1)c1nn[nH]n1. The Bertz CT molecular complexity index is 691. The normalized spacial score (nSPS) is 17.0. The second-order valence-corrected chi connectivity index (χ2v) is 6.63. The summed E-state index contributed by atoms with van der Waals surface area (Å²) < 4.78 is 32.2. The predicted octanol–water partition coefficient (Wildman–Crippen LogP) is 0.0842. The highest BCUT2D eigenvalue weighted by Gasteiger charge is 2.25. The fourth-order valence-electron chi connectivity index (χ4n) is 1.83. The summed E-state index contributed by atoms with van der Waals surface area (Å²) in [7, 11) is -3.75. The molecule has 3 N–H and O–H groups in total. The second-order valence-electron chi connectivity index (χ2n) is 4.99. The van der Waals surface area contributed by atoms with E-state index in [0.717, 1.165) is 12.8 Å². The molecule has 0 radical (unpaired) electrons. The van der Waals surface area contributed by atoms with Gasteiger partial charge in [-0.15, -0.1) is 10.2 Å². The van der Waals surface area contributed by atoms with E-state index < -0.39 is 16.1 Å². The van der Waals surface area contributed by atoms with Gasteiger partial charge < -0.3 is 9.73 Å². The molecule has 1 aliphatic carbocycles. The zero-order valence-corrected chi connectivity index (χ0v) is 12.2.